The molecule has 1 aliphatic rings. The molecule has 17 heavy (non-hydrogen) atoms. The Kier molecular flexibility index (Phi) is 3.98. The molecule has 0 aliphatic carbocycles. The van der Waals surface area contributed by atoms with Crippen LogP contribution in [-0.2, 0) is 14.8 Å². The van der Waals surface area contributed by atoms with Gasteiger partial charge in [-0.05, 0) is 18.6 Å². The molecule has 0 N–H and O–H groups in total. The standard InChI is InChI=1S/C10H13ClN2O3S/c11-10-8-9(2-3-12-10)17(14,15)13-4-1-6-16-7-5-13/h2-3,8H,1,4-7H2. The van der Waals surface area contributed by atoms with Gasteiger partial charge in [0.1, 0.15) is 5.15 Å². The molecule has 0 radical (unpaired) electrons. The van der Waals surface area contributed by atoms with Crippen molar-refractivity contribution < 1.29 is 13.2 Å². The molecule has 7 heteroatoms. The molecule has 0 spiro atoms. The summed E-state index contributed by atoms with van der Waals surface area (Å²) in [6.07, 6.45) is 2.10. The Morgan fingerprint density at radius 1 is 1.35 bits per heavy atom. The summed E-state index contributed by atoms with van der Waals surface area (Å²) in [7, 11) is -3.48. The maximum absolute atomic E-state index is 12.3. The molecule has 1 saturated heterocycles. The van der Waals surface area contributed by atoms with E-state index in [9.17, 15) is 8.42 Å². The van der Waals surface area contributed by atoms with Crippen LogP contribution in [0.15, 0.2) is 23.2 Å². The second-order valence-corrected chi connectivity index (χ2v) is 6.01. The predicted octanol–water partition coefficient (Wildman–Crippen LogP) is 1.15. The molecule has 1 fully saturated rings. The quantitative estimate of drug-likeness (QED) is 0.760. The van der Waals surface area contributed by atoms with Gasteiger partial charge in [-0.3, -0.25) is 0 Å². The third-order valence-electron chi connectivity index (χ3n) is 2.52. The first-order valence-electron chi connectivity index (χ1n) is 5.30. The second kappa shape index (κ2) is 5.30. The van der Waals surface area contributed by atoms with Crippen LogP contribution >= 0.6 is 11.6 Å². The summed E-state index contributed by atoms with van der Waals surface area (Å²) < 4.78 is 31.2. The molecule has 0 atom stereocenters. The highest BCUT2D eigenvalue weighted by molar-refractivity contribution is 7.89. The topological polar surface area (TPSA) is 59.5 Å². The first-order chi connectivity index (χ1) is 8.10. The van der Waals surface area contributed by atoms with Crippen LogP contribution in [0.5, 0.6) is 0 Å². The normalized spacial score (nSPS) is 18.9. The van der Waals surface area contributed by atoms with Gasteiger partial charge >= 0.3 is 0 Å². The summed E-state index contributed by atoms with van der Waals surface area (Å²) in [6, 6.07) is 2.82. The van der Waals surface area contributed by atoms with Crippen LogP contribution in [-0.4, -0.2) is 44.0 Å². The average Bonchev–Trinajstić information content (AvgIpc) is 2.58. The Labute approximate surface area is 105 Å². The molecular weight excluding hydrogens is 264 g/mol. The number of hydrogen-bond acceptors (Lipinski definition) is 4. The van der Waals surface area contributed by atoms with Crippen molar-refractivity contribution in [3.05, 3.63) is 23.5 Å². The summed E-state index contributed by atoms with van der Waals surface area (Å²) in [5.74, 6) is 0. The molecule has 2 rings (SSSR count). The summed E-state index contributed by atoms with van der Waals surface area (Å²) in [6.45, 7) is 1.88. The molecule has 1 aromatic heterocycles. The highest BCUT2D eigenvalue weighted by Gasteiger charge is 2.25. The Morgan fingerprint density at radius 3 is 2.94 bits per heavy atom. The minimum atomic E-state index is -3.48. The number of pyridine rings is 1. The number of nitrogens with zero attached hydrogens (tertiary/aromatic N) is 2. The molecule has 0 unspecified atom stereocenters. The third kappa shape index (κ3) is 2.95. The zero-order valence-corrected chi connectivity index (χ0v) is 10.7. The fourth-order valence-corrected chi connectivity index (χ4v) is 3.37. The van der Waals surface area contributed by atoms with Gasteiger partial charge < -0.3 is 4.74 Å². The zero-order valence-electron chi connectivity index (χ0n) is 9.17. The molecule has 0 bridgehead atoms. The summed E-state index contributed by atoms with van der Waals surface area (Å²) in [5.41, 5.74) is 0. The van der Waals surface area contributed by atoms with Gasteiger partial charge in [0.2, 0.25) is 10.0 Å². The van der Waals surface area contributed by atoms with Gasteiger partial charge in [0.15, 0.2) is 0 Å². The van der Waals surface area contributed by atoms with Gasteiger partial charge in [0, 0.05) is 25.9 Å². The SMILES string of the molecule is O=S(=O)(c1ccnc(Cl)c1)N1CCCOCC1. The zero-order chi connectivity index (χ0) is 12.3. The maximum Gasteiger partial charge on any atom is 0.243 e. The van der Waals surface area contributed by atoms with Gasteiger partial charge in [0.25, 0.3) is 0 Å². The second-order valence-electron chi connectivity index (χ2n) is 3.68. The maximum atomic E-state index is 12.3. The van der Waals surface area contributed by atoms with Crippen molar-refractivity contribution in [3.63, 3.8) is 0 Å². The van der Waals surface area contributed by atoms with Gasteiger partial charge in [-0.1, -0.05) is 11.6 Å². The van der Waals surface area contributed by atoms with Crippen molar-refractivity contribution in [2.24, 2.45) is 0 Å². The van der Waals surface area contributed by atoms with Crippen LogP contribution in [0.4, 0.5) is 0 Å². The van der Waals surface area contributed by atoms with E-state index in [1.807, 2.05) is 0 Å². The number of ether oxygens (including phenoxy) is 1. The Balaban J connectivity index is 2.28. The van der Waals surface area contributed by atoms with Gasteiger partial charge in [-0.15, -0.1) is 0 Å². The van der Waals surface area contributed by atoms with Crippen molar-refractivity contribution in [1.29, 1.82) is 0 Å². The summed E-state index contributed by atoms with van der Waals surface area (Å²) >= 11 is 5.70. The molecule has 1 aromatic rings. The lowest BCUT2D eigenvalue weighted by Crippen LogP contribution is -2.33. The van der Waals surface area contributed by atoms with Crippen LogP contribution in [0.1, 0.15) is 6.42 Å². The molecule has 0 saturated carbocycles. The summed E-state index contributed by atoms with van der Waals surface area (Å²) in [5, 5.41) is 0.178. The van der Waals surface area contributed by atoms with Crippen LogP contribution < -0.4 is 0 Å². The smallest absolute Gasteiger partial charge is 0.243 e. The Bertz CT molecular complexity index is 484. The lowest BCUT2D eigenvalue weighted by Gasteiger charge is -2.19. The number of rotatable bonds is 2. The lowest BCUT2D eigenvalue weighted by molar-refractivity contribution is 0.148. The Morgan fingerprint density at radius 2 is 2.18 bits per heavy atom. The lowest BCUT2D eigenvalue weighted by atomic mass is 10.5. The van der Waals surface area contributed by atoms with Crippen LogP contribution in [0.3, 0.4) is 0 Å². The number of hydrogen-bond donors (Lipinski definition) is 0. The molecule has 2 heterocycles. The highest BCUT2D eigenvalue weighted by atomic mass is 35.5. The van der Waals surface area contributed by atoms with Gasteiger partial charge in [-0.2, -0.15) is 4.31 Å². The highest BCUT2D eigenvalue weighted by Crippen LogP contribution is 2.18. The van der Waals surface area contributed by atoms with Crippen molar-refractivity contribution in [2.75, 3.05) is 26.3 Å². The fourth-order valence-electron chi connectivity index (χ4n) is 1.66. The first-order valence-corrected chi connectivity index (χ1v) is 7.12. The van der Waals surface area contributed by atoms with E-state index in [4.69, 9.17) is 16.3 Å². The van der Waals surface area contributed by atoms with Gasteiger partial charge in [0.05, 0.1) is 11.5 Å². The van der Waals surface area contributed by atoms with Crippen molar-refractivity contribution >= 4 is 21.6 Å². The monoisotopic (exact) mass is 276 g/mol. The van der Waals surface area contributed by atoms with Crippen LogP contribution in [0.25, 0.3) is 0 Å². The van der Waals surface area contributed by atoms with E-state index in [2.05, 4.69) is 4.98 Å². The molecule has 94 valence electrons. The van der Waals surface area contributed by atoms with Crippen LogP contribution in [0, 0.1) is 0 Å². The van der Waals surface area contributed by atoms with E-state index >= 15 is 0 Å². The third-order valence-corrected chi connectivity index (χ3v) is 4.62. The van der Waals surface area contributed by atoms with Gasteiger partial charge in [-0.25, -0.2) is 13.4 Å². The first kappa shape index (κ1) is 12.8. The summed E-state index contributed by atoms with van der Waals surface area (Å²) in [4.78, 5) is 3.95. The number of sulfonamides is 1. The van der Waals surface area contributed by atoms with Crippen molar-refractivity contribution in [1.82, 2.24) is 9.29 Å². The molecular formula is C10H13ClN2O3S. The van der Waals surface area contributed by atoms with Crippen LogP contribution in [0.2, 0.25) is 5.15 Å². The molecule has 0 aromatic carbocycles. The van der Waals surface area contributed by atoms with E-state index in [0.717, 1.165) is 0 Å². The van der Waals surface area contributed by atoms with Crippen molar-refractivity contribution in [3.8, 4) is 0 Å². The van der Waals surface area contributed by atoms with E-state index in [0.29, 0.717) is 32.7 Å². The minimum Gasteiger partial charge on any atom is -0.380 e. The molecule has 5 nitrogen and oxygen atoms in total. The van der Waals surface area contributed by atoms with E-state index in [-0.39, 0.29) is 10.0 Å². The average molecular weight is 277 g/mol. The number of halogens is 1. The molecule has 1 aliphatic heterocycles. The fraction of sp³-hybridized carbons (Fsp3) is 0.500. The largest absolute Gasteiger partial charge is 0.380 e. The molecule has 0 amide bonds. The van der Waals surface area contributed by atoms with Crippen molar-refractivity contribution in [2.45, 2.75) is 11.3 Å². The van der Waals surface area contributed by atoms with E-state index in [1.165, 1.54) is 22.6 Å². The Hall–Kier alpha value is -0.690. The van der Waals surface area contributed by atoms with E-state index < -0.39 is 10.0 Å². The predicted molar refractivity (Wildman–Crippen MR) is 63.4 cm³/mol. The minimum absolute atomic E-state index is 0.178. The number of aromatic nitrogens is 1. The van der Waals surface area contributed by atoms with E-state index in [1.54, 1.807) is 0 Å².